The molecular weight excluding hydrogens is 330 g/mol. The first-order valence-corrected chi connectivity index (χ1v) is 8.80. The Balaban J connectivity index is 1.98. The van der Waals surface area contributed by atoms with Crippen LogP contribution < -0.4 is 0 Å². The van der Waals surface area contributed by atoms with Gasteiger partial charge in [0.05, 0.1) is 4.91 Å². The van der Waals surface area contributed by atoms with E-state index in [1.807, 2.05) is 62.4 Å². The number of amides is 1. The molecule has 1 amide bonds. The molecule has 2 heterocycles. The third-order valence-corrected chi connectivity index (χ3v) is 4.77. The summed E-state index contributed by atoms with van der Waals surface area (Å²) in [5, 5.41) is 0.628. The molecular formula is C20H19N3OS. The van der Waals surface area contributed by atoms with Crippen LogP contribution in [0.15, 0.2) is 65.0 Å². The van der Waals surface area contributed by atoms with E-state index in [0.29, 0.717) is 22.4 Å². The van der Waals surface area contributed by atoms with Crippen LogP contribution in [-0.2, 0) is 4.79 Å². The molecule has 1 aliphatic heterocycles. The van der Waals surface area contributed by atoms with Gasteiger partial charge in [0.15, 0.2) is 11.0 Å². The molecule has 1 aromatic carbocycles. The van der Waals surface area contributed by atoms with Gasteiger partial charge in [0.2, 0.25) is 0 Å². The van der Waals surface area contributed by atoms with Gasteiger partial charge in [0.25, 0.3) is 5.91 Å². The number of hydrogen-bond acceptors (Lipinski definition) is 4. The summed E-state index contributed by atoms with van der Waals surface area (Å²) >= 11 is 1.37. The fraction of sp³-hybridized carbons (Fsp3) is 0.150. The number of carbonyl (C=O) groups is 1. The minimum absolute atomic E-state index is 0.0560. The van der Waals surface area contributed by atoms with Crippen LogP contribution in [0.1, 0.15) is 16.8 Å². The Morgan fingerprint density at radius 3 is 2.72 bits per heavy atom. The summed E-state index contributed by atoms with van der Waals surface area (Å²) in [7, 11) is 0. The van der Waals surface area contributed by atoms with Crippen molar-refractivity contribution < 1.29 is 4.79 Å². The molecule has 0 aliphatic carbocycles. The third kappa shape index (κ3) is 3.88. The van der Waals surface area contributed by atoms with E-state index in [0.717, 1.165) is 16.8 Å². The average molecular weight is 349 g/mol. The van der Waals surface area contributed by atoms with Crippen LogP contribution in [0, 0.1) is 13.8 Å². The molecule has 0 bridgehead atoms. The molecule has 3 rings (SSSR count). The van der Waals surface area contributed by atoms with E-state index in [2.05, 4.69) is 16.6 Å². The van der Waals surface area contributed by atoms with Gasteiger partial charge in [-0.25, -0.2) is 9.98 Å². The van der Waals surface area contributed by atoms with Gasteiger partial charge in [-0.3, -0.25) is 9.69 Å². The highest BCUT2D eigenvalue weighted by Crippen LogP contribution is 2.34. The Morgan fingerprint density at radius 1 is 1.20 bits per heavy atom. The zero-order valence-electron chi connectivity index (χ0n) is 14.3. The minimum Gasteiger partial charge on any atom is -0.282 e. The van der Waals surface area contributed by atoms with E-state index >= 15 is 0 Å². The maximum absolute atomic E-state index is 12.8. The van der Waals surface area contributed by atoms with Crippen molar-refractivity contribution in [2.24, 2.45) is 4.99 Å². The Bertz CT molecular complexity index is 886. The van der Waals surface area contributed by atoms with Crippen molar-refractivity contribution >= 4 is 34.7 Å². The summed E-state index contributed by atoms with van der Waals surface area (Å²) in [4.78, 5) is 24.0. The first-order valence-electron chi connectivity index (χ1n) is 7.99. The van der Waals surface area contributed by atoms with Crippen molar-refractivity contribution in [2.45, 2.75) is 13.8 Å². The molecule has 5 heteroatoms. The van der Waals surface area contributed by atoms with E-state index in [-0.39, 0.29) is 5.91 Å². The summed E-state index contributed by atoms with van der Waals surface area (Å²) in [5.41, 5.74) is 3.05. The highest BCUT2D eigenvalue weighted by atomic mass is 32.2. The first kappa shape index (κ1) is 17.2. The Labute approximate surface area is 152 Å². The quantitative estimate of drug-likeness (QED) is 0.603. The van der Waals surface area contributed by atoms with Crippen LogP contribution in [0.5, 0.6) is 0 Å². The first-order chi connectivity index (χ1) is 12.1. The number of carbonyl (C=O) groups excluding carboxylic acids is 1. The number of rotatable bonds is 4. The fourth-order valence-electron chi connectivity index (χ4n) is 2.46. The van der Waals surface area contributed by atoms with E-state index in [1.54, 1.807) is 11.0 Å². The number of aromatic nitrogens is 1. The van der Waals surface area contributed by atoms with E-state index in [4.69, 9.17) is 0 Å². The average Bonchev–Trinajstić information content (AvgIpc) is 2.86. The zero-order chi connectivity index (χ0) is 17.8. The lowest BCUT2D eigenvalue weighted by molar-refractivity contribution is -0.121. The second kappa shape index (κ2) is 7.49. The number of hydrogen-bond donors (Lipinski definition) is 0. The number of amidine groups is 1. The van der Waals surface area contributed by atoms with Gasteiger partial charge >= 0.3 is 0 Å². The summed E-state index contributed by atoms with van der Waals surface area (Å²) in [5.74, 6) is 0.543. The van der Waals surface area contributed by atoms with Crippen molar-refractivity contribution in [1.29, 1.82) is 0 Å². The second-order valence-electron chi connectivity index (χ2n) is 5.70. The highest BCUT2D eigenvalue weighted by Gasteiger charge is 2.32. The lowest BCUT2D eigenvalue weighted by Gasteiger charge is -2.12. The zero-order valence-corrected chi connectivity index (χ0v) is 15.1. The molecule has 25 heavy (non-hydrogen) atoms. The predicted molar refractivity (Wildman–Crippen MR) is 105 cm³/mol. The van der Waals surface area contributed by atoms with Crippen molar-refractivity contribution in [3.63, 3.8) is 0 Å². The van der Waals surface area contributed by atoms with Gasteiger partial charge < -0.3 is 0 Å². The number of aliphatic imine (C=N–C) groups is 1. The lowest BCUT2D eigenvalue weighted by atomic mass is 10.1. The fourth-order valence-corrected chi connectivity index (χ4v) is 3.45. The van der Waals surface area contributed by atoms with Crippen LogP contribution in [0.3, 0.4) is 0 Å². The SMILES string of the molecule is C=CCN1C(=O)/C(=C/c2ccccc2C)S/C1=N/c1cccc(C)n1. The van der Waals surface area contributed by atoms with Crippen LogP contribution >= 0.6 is 11.8 Å². The molecule has 0 unspecified atom stereocenters. The van der Waals surface area contributed by atoms with Gasteiger partial charge in [0.1, 0.15) is 0 Å². The summed E-state index contributed by atoms with van der Waals surface area (Å²) in [6.45, 7) is 8.11. The van der Waals surface area contributed by atoms with Gasteiger partial charge in [-0.1, -0.05) is 36.4 Å². The largest absolute Gasteiger partial charge is 0.282 e. The molecule has 1 fully saturated rings. The Morgan fingerprint density at radius 2 is 2.00 bits per heavy atom. The Kier molecular flexibility index (Phi) is 5.14. The van der Waals surface area contributed by atoms with E-state index in [1.165, 1.54) is 11.8 Å². The van der Waals surface area contributed by atoms with E-state index in [9.17, 15) is 4.79 Å². The van der Waals surface area contributed by atoms with Gasteiger partial charge in [-0.15, -0.1) is 6.58 Å². The minimum atomic E-state index is -0.0560. The maximum atomic E-state index is 12.8. The van der Waals surface area contributed by atoms with Crippen molar-refractivity contribution in [3.8, 4) is 0 Å². The summed E-state index contributed by atoms with van der Waals surface area (Å²) in [6.07, 6.45) is 3.62. The standard InChI is InChI=1S/C20H19N3OS/c1-4-12-23-19(24)17(13-16-10-6-5-8-14(16)2)25-20(23)22-18-11-7-9-15(3)21-18/h4-11,13H,1,12H2,2-3H3/b17-13-,22-20+. The van der Waals surface area contributed by atoms with Crippen LogP contribution in [0.2, 0.25) is 0 Å². The normalized spacial score (nSPS) is 17.5. The molecule has 126 valence electrons. The van der Waals surface area contributed by atoms with E-state index < -0.39 is 0 Å². The second-order valence-corrected chi connectivity index (χ2v) is 6.71. The number of aryl methyl sites for hydroxylation is 2. The van der Waals surface area contributed by atoms with Crippen LogP contribution in [0.25, 0.3) is 6.08 Å². The van der Waals surface area contributed by atoms with Crippen molar-refractivity contribution in [2.75, 3.05) is 6.54 Å². The third-order valence-electron chi connectivity index (χ3n) is 3.76. The van der Waals surface area contributed by atoms with Crippen LogP contribution in [0.4, 0.5) is 5.82 Å². The van der Waals surface area contributed by atoms with Crippen LogP contribution in [-0.4, -0.2) is 27.5 Å². The molecule has 0 N–H and O–H groups in total. The summed E-state index contributed by atoms with van der Waals surface area (Å²) < 4.78 is 0. The number of nitrogens with zero attached hydrogens (tertiary/aromatic N) is 3. The molecule has 1 aromatic heterocycles. The van der Waals surface area contributed by atoms with Gasteiger partial charge in [0, 0.05) is 12.2 Å². The molecule has 2 aromatic rings. The van der Waals surface area contributed by atoms with Gasteiger partial charge in [-0.2, -0.15) is 0 Å². The number of thioether (sulfide) groups is 1. The lowest BCUT2D eigenvalue weighted by Crippen LogP contribution is -2.29. The maximum Gasteiger partial charge on any atom is 0.267 e. The highest BCUT2D eigenvalue weighted by molar-refractivity contribution is 8.18. The molecule has 0 saturated carbocycles. The topological polar surface area (TPSA) is 45.6 Å². The number of pyridine rings is 1. The monoisotopic (exact) mass is 349 g/mol. The molecule has 0 radical (unpaired) electrons. The summed E-state index contributed by atoms with van der Waals surface area (Å²) in [6, 6.07) is 13.7. The molecule has 4 nitrogen and oxygen atoms in total. The smallest absolute Gasteiger partial charge is 0.267 e. The van der Waals surface area contributed by atoms with Gasteiger partial charge in [-0.05, 0) is 54.9 Å². The van der Waals surface area contributed by atoms with Crippen molar-refractivity contribution in [1.82, 2.24) is 9.88 Å². The molecule has 1 aliphatic rings. The Hall–Kier alpha value is -2.66. The molecule has 0 spiro atoms. The molecule has 1 saturated heterocycles. The number of benzene rings is 1. The predicted octanol–water partition coefficient (Wildman–Crippen LogP) is 4.49. The van der Waals surface area contributed by atoms with Crippen molar-refractivity contribution in [3.05, 3.63) is 76.8 Å². The molecule has 0 atom stereocenters.